The van der Waals surface area contributed by atoms with Crippen LogP contribution in [0.2, 0.25) is 0 Å². The normalized spacial score (nSPS) is 14.5. The van der Waals surface area contributed by atoms with Crippen LogP contribution in [0.3, 0.4) is 0 Å². The minimum Gasteiger partial charge on any atom is -0.497 e. The van der Waals surface area contributed by atoms with E-state index in [4.69, 9.17) is 4.74 Å². The zero-order valence-electron chi connectivity index (χ0n) is 18.0. The molecule has 31 heavy (non-hydrogen) atoms. The first kappa shape index (κ1) is 20.9. The number of nitrogens with zero attached hydrogens (tertiary/aromatic N) is 3. The number of aromatic nitrogens is 1. The van der Waals surface area contributed by atoms with E-state index >= 15 is 0 Å². The van der Waals surface area contributed by atoms with Gasteiger partial charge in [0.05, 0.1) is 12.7 Å². The summed E-state index contributed by atoms with van der Waals surface area (Å²) in [6.07, 6.45) is 1.63. The van der Waals surface area contributed by atoms with Gasteiger partial charge in [0.25, 0.3) is 11.5 Å². The molecule has 1 aliphatic rings. The molecule has 1 fully saturated rings. The van der Waals surface area contributed by atoms with Gasteiger partial charge in [-0.1, -0.05) is 29.8 Å². The predicted molar refractivity (Wildman–Crippen MR) is 121 cm³/mol. The Kier molecular flexibility index (Phi) is 6.18. The lowest BCUT2D eigenvalue weighted by molar-refractivity contribution is 0.0627. The van der Waals surface area contributed by atoms with Gasteiger partial charge in [0, 0.05) is 50.7 Å². The van der Waals surface area contributed by atoms with Crippen molar-refractivity contribution >= 4 is 5.91 Å². The van der Waals surface area contributed by atoms with Crippen LogP contribution in [0, 0.1) is 6.92 Å². The Bertz CT molecular complexity index is 1100. The standard InChI is InChI=1S/C25H27N3O3/c1-19-3-5-20(6-4-19)17-26-13-15-27(16-14-26)25(30)21-7-12-24(29)28(18-21)22-8-10-23(31-2)11-9-22/h3-12,18H,13-17H2,1-2H3. The molecule has 1 aliphatic heterocycles. The van der Waals surface area contributed by atoms with Gasteiger partial charge in [0.1, 0.15) is 5.75 Å². The second-order valence-corrected chi connectivity index (χ2v) is 7.88. The Labute approximate surface area is 182 Å². The fourth-order valence-electron chi connectivity index (χ4n) is 3.80. The van der Waals surface area contributed by atoms with Crippen LogP contribution in [0.4, 0.5) is 0 Å². The van der Waals surface area contributed by atoms with E-state index < -0.39 is 0 Å². The Morgan fingerprint density at radius 3 is 2.23 bits per heavy atom. The van der Waals surface area contributed by atoms with Crippen molar-refractivity contribution < 1.29 is 9.53 Å². The molecule has 0 N–H and O–H groups in total. The molecular formula is C25H27N3O3. The quantitative estimate of drug-likeness (QED) is 0.640. The molecule has 4 rings (SSSR count). The highest BCUT2D eigenvalue weighted by Gasteiger charge is 2.22. The smallest absolute Gasteiger partial charge is 0.255 e. The lowest BCUT2D eigenvalue weighted by Gasteiger charge is -2.34. The fraction of sp³-hybridized carbons (Fsp3) is 0.280. The zero-order valence-corrected chi connectivity index (χ0v) is 18.0. The van der Waals surface area contributed by atoms with E-state index in [1.165, 1.54) is 21.8 Å². The van der Waals surface area contributed by atoms with Crippen LogP contribution in [-0.4, -0.2) is 53.6 Å². The second-order valence-electron chi connectivity index (χ2n) is 7.88. The third-order valence-electron chi connectivity index (χ3n) is 5.69. The number of amides is 1. The van der Waals surface area contributed by atoms with Gasteiger partial charge in [0.15, 0.2) is 0 Å². The third kappa shape index (κ3) is 4.86. The first-order valence-corrected chi connectivity index (χ1v) is 10.5. The van der Waals surface area contributed by atoms with Crippen molar-refractivity contribution in [3.8, 4) is 11.4 Å². The summed E-state index contributed by atoms with van der Waals surface area (Å²) in [6.45, 7) is 5.99. The number of carbonyl (C=O) groups excluding carboxylic acids is 1. The molecule has 0 unspecified atom stereocenters. The molecule has 0 spiro atoms. The highest BCUT2D eigenvalue weighted by Crippen LogP contribution is 2.16. The molecule has 1 amide bonds. The van der Waals surface area contributed by atoms with E-state index in [-0.39, 0.29) is 11.5 Å². The monoisotopic (exact) mass is 417 g/mol. The average Bonchev–Trinajstić information content (AvgIpc) is 2.81. The minimum absolute atomic E-state index is 0.0442. The molecule has 0 bridgehead atoms. The molecule has 0 saturated carbocycles. The van der Waals surface area contributed by atoms with E-state index in [9.17, 15) is 9.59 Å². The number of hydrogen-bond donors (Lipinski definition) is 0. The van der Waals surface area contributed by atoms with E-state index in [1.807, 2.05) is 4.90 Å². The third-order valence-corrected chi connectivity index (χ3v) is 5.69. The molecule has 0 aliphatic carbocycles. The molecule has 1 aromatic heterocycles. The summed E-state index contributed by atoms with van der Waals surface area (Å²) in [7, 11) is 1.60. The molecule has 160 valence electrons. The largest absolute Gasteiger partial charge is 0.497 e. The van der Waals surface area contributed by atoms with Gasteiger partial charge in [-0.15, -0.1) is 0 Å². The maximum atomic E-state index is 13.1. The van der Waals surface area contributed by atoms with E-state index in [1.54, 1.807) is 43.6 Å². The van der Waals surface area contributed by atoms with Gasteiger partial charge in [-0.2, -0.15) is 0 Å². The molecular weight excluding hydrogens is 390 g/mol. The average molecular weight is 418 g/mol. The number of pyridine rings is 1. The van der Waals surface area contributed by atoms with Crippen LogP contribution in [0.25, 0.3) is 5.69 Å². The van der Waals surface area contributed by atoms with Crippen molar-refractivity contribution in [2.24, 2.45) is 0 Å². The highest BCUT2D eigenvalue weighted by atomic mass is 16.5. The van der Waals surface area contributed by atoms with Gasteiger partial charge >= 0.3 is 0 Å². The number of hydrogen-bond acceptors (Lipinski definition) is 4. The van der Waals surface area contributed by atoms with Crippen LogP contribution in [0.15, 0.2) is 71.7 Å². The zero-order chi connectivity index (χ0) is 21.8. The number of carbonyl (C=O) groups is 1. The van der Waals surface area contributed by atoms with E-state index in [2.05, 4.69) is 36.1 Å². The minimum atomic E-state index is -0.176. The number of aryl methyl sites for hydroxylation is 1. The van der Waals surface area contributed by atoms with Gasteiger partial charge in [-0.05, 0) is 42.8 Å². The lowest BCUT2D eigenvalue weighted by atomic mass is 10.1. The molecule has 6 nitrogen and oxygen atoms in total. The molecule has 6 heteroatoms. The summed E-state index contributed by atoms with van der Waals surface area (Å²) < 4.78 is 6.68. The predicted octanol–water partition coefficient (Wildman–Crippen LogP) is 3.11. The van der Waals surface area contributed by atoms with Crippen molar-refractivity contribution in [2.45, 2.75) is 13.5 Å². The first-order chi connectivity index (χ1) is 15.0. The fourth-order valence-corrected chi connectivity index (χ4v) is 3.80. The topological polar surface area (TPSA) is 54.8 Å². The van der Waals surface area contributed by atoms with Crippen molar-refractivity contribution in [1.29, 1.82) is 0 Å². The molecule has 1 saturated heterocycles. The maximum Gasteiger partial charge on any atom is 0.255 e. The Morgan fingerprint density at radius 1 is 0.903 bits per heavy atom. The van der Waals surface area contributed by atoms with Gasteiger partial charge < -0.3 is 9.64 Å². The number of piperazine rings is 1. The molecule has 2 aromatic carbocycles. The molecule has 0 radical (unpaired) electrons. The number of ether oxygens (including phenoxy) is 1. The summed E-state index contributed by atoms with van der Waals surface area (Å²) in [5, 5.41) is 0. The van der Waals surface area contributed by atoms with Gasteiger partial charge in [-0.25, -0.2) is 0 Å². The summed E-state index contributed by atoms with van der Waals surface area (Å²) in [4.78, 5) is 29.7. The summed E-state index contributed by atoms with van der Waals surface area (Å²) >= 11 is 0. The Hall–Kier alpha value is -3.38. The lowest BCUT2D eigenvalue weighted by Crippen LogP contribution is -2.48. The molecule has 2 heterocycles. The van der Waals surface area contributed by atoms with Crippen LogP contribution in [0.5, 0.6) is 5.75 Å². The maximum absolute atomic E-state index is 13.1. The van der Waals surface area contributed by atoms with Crippen molar-refractivity contribution in [3.05, 3.63) is 93.9 Å². The molecule has 3 aromatic rings. The molecule has 0 atom stereocenters. The number of methoxy groups -OCH3 is 1. The van der Waals surface area contributed by atoms with Crippen LogP contribution in [-0.2, 0) is 6.54 Å². The van der Waals surface area contributed by atoms with Gasteiger partial charge in [-0.3, -0.25) is 19.1 Å². The van der Waals surface area contributed by atoms with E-state index in [0.29, 0.717) is 30.1 Å². The van der Waals surface area contributed by atoms with Crippen LogP contribution < -0.4 is 10.3 Å². The summed E-state index contributed by atoms with van der Waals surface area (Å²) in [5.74, 6) is 0.671. The van der Waals surface area contributed by atoms with Crippen molar-refractivity contribution in [3.63, 3.8) is 0 Å². The summed E-state index contributed by atoms with van der Waals surface area (Å²) in [5.41, 5.74) is 3.59. The SMILES string of the molecule is COc1ccc(-n2cc(C(=O)N3CCN(Cc4ccc(C)cc4)CC3)ccc2=O)cc1. The van der Waals surface area contributed by atoms with Crippen LogP contribution in [0.1, 0.15) is 21.5 Å². The van der Waals surface area contributed by atoms with Crippen molar-refractivity contribution in [1.82, 2.24) is 14.4 Å². The van der Waals surface area contributed by atoms with Gasteiger partial charge in [0.2, 0.25) is 0 Å². The van der Waals surface area contributed by atoms with Crippen molar-refractivity contribution in [2.75, 3.05) is 33.3 Å². The number of rotatable bonds is 5. The number of benzene rings is 2. The second kappa shape index (κ2) is 9.18. The Morgan fingerprint density at radius 2 is 1.58 bits per heavy atom. The Balaban J connectivity index is 1.42. The van der Waals surface area contributed by atoms with E-state index in [0.717, 1.165) is 19.6 Å². The first-order valence-electron chi connectivity index (χ1n) is 10.5. The highest BCUT2D eigenvalue weighted by molar-refractivity contribution is 5.94. The summed E-state index contributed by atoms with van der Waals surface area (Å²) in [6, 6.07) is 18.8. The van der Waals surface area contributed by atoms with Crippen LogP contribution >= 0.6 is 0 Å².